The summed E-state index contributed by atoms with van der Waals surface area (Å²) in [7, 11) is 0. The van der Waals surface area contributed by atoms with Crippen molar-refractivity contribution in [1.29, 1.82) is 0 Å². The van der Waals surface area contributed by atoms with Gasteiger partial charge in [0.1, 0.15) is 0 Å². The normalized spacial score (nSPS) is 11.8. The lowest BCUT2D eigenvalue weighted by Gasteiger charge is -2.13. The van der Waals surface area contributed by atoms with E-state index in [4.69, 9.17) is 14.2 Å². The van der Waals surface area contributed by atoms with Gasteiger partial charge in [-0.2, -0.15) is 0 Å². The number of amides is 1. The van der Waals surface area contributed by atoms with Crippen LogP contribution in [0, 0.1) is 11.6 Å². The van der Waals surface area contributed by atoms with Gasteiger partial charge in [-0.3, -0.25) is 4.79 Å². The Balaban J connectivity index is 1.96. The van der Waals surface area contributed by atoms with Gasteiger partial charge in [0.05, 0.1) is 13.2 Å². The van der Waals surface area contributed by atoms with E-state index >= 15 is 0 Å². The van der Waals surface area contributed by atoms with Gasteiger partial charge < -0.3 is 19.5 Å². The summed E-state index contributed by atoms with van der Waals surface area (Å²) in [6.45, 7) is 6.03. The Labute approximate surface area is 173 Å². The van der Waals surface area contributed by atoms with E-state index in [9.17, 15) is 18.4 Å². The standard InChI is InChI=1S/C22H23F2NO5/c1-4-28-19-10-6-15(12-20(19)29-5-2)7-11-21(26)30-14(3)22(27)25-16-8-9-17(23)18(24)13-16/h6-14H,4-5H2,1-3H3,(H,25,27)/b11-7+/t14-/m0/s1. The van der Waals surface area contributed by atoms with Crippen LogP contribution in [0.2, 0.25) is 0 Å². The third-order valence-corrected chi connectivity index (χ3v) is 3.83. The molecule has 0 aliphatic rings. The first-order chi connectivity index (χ1) is 14.3. The van der Waals surface area contributed by atoms with E-state index in [-0.39, 0.29) is 5.69 Å². The number of benzene rings is 2. The summed E-state index contributed by atoms with van der Waals surface area (Å²) in [5.41, 5.74) is 0.730. The number of rotatable bonds is 9. The summed E-state index contributed by atoms with van der Waals surface area (Å²) < 4.78 is 42.2. The zero-order chi connectivity index (χ0) is 22.1. The van der Waals surface area contributed by atoms with Crippen LogP contribution in [0.3, 0.4) is 0 Å². The minimum absolute atomic E-state index is 0.0511. The number of carbonyl (C=O) groups excluding carboxylic acids is 2. The molecule has 0 heterocycles. The average molecular weight is 419 g/mol. The summed E-state index contributed by atoms with van der Waals surface area (Å²) in [5, 5.41) is 2.35. The molecule has 30 heavy (non-hydrogen) atoms. The Morgan fingerprint density at radius 3 is 2.37 bits per heavy atom. The quantitative estimate of drug-likeness (QED) is 0.483. The van der Waals surface area contributed by atoms with Crippen LogP contribution in [0.15, 0.2) is 42.5 Å². The summed E-state index contributed by atoms with van der Waals surface area (Å²) in [6, 6.07) is 8.12. The van der Waals surface area contributed by atoms with Crippen molar-refractivity contribution in [2.24, 2.45) is 0 Å². The van der Waals surface area contributed by atoms with Crippen molar-refractivity contribution in [3.63, 3.8) is 0 Å². The predicted octanol–water partition coefficient (Wildman–Crippen LogP) is 4.35. The second-order valence-corrected chi connectivity index (χ2v) is 6.10. The van der Waals surface area contributed by atoms with Crippen LogP contribution in [0.1, 0.15) is 26.3 Å². The number of ether oxygens (including phenoxy) is 3. The van der Waals surface area contributed by atoms with Crippen LogP contribution < -0.4 is 14.8 Å². The van der Waals surface area contributed by atoms with Crippen molar-refractivity contribution in [3.8, 4) is 11.5 Å². The molecule has 0 aliphatic carbocycles. The number of anilines is 1. The largest absolute Gasteiger partial charge is 0.490 e. The summed E-state index contributed by atoms with van der Waals surface area (Å²) in [6.07, 6.45) is 1.54. The number of nitrogens with one attached hydrogen (secondary N) is 1. The Morgan fingerprint density at radius 2 is 1.70 bits per heavy atom. The molecule has 0 bridgehead atoms. The summed E-state index contributed by atoms with van der Waals surface area (Å²) in [4.78, 5) is 24.1. The fourth-order valence-corrected chi connectivity index (χ4v) is 2.42. The lowest BCUT2D eigenvalue weighted by molar-refractivity contribution is -0.148. The Bertz CT molecular complexity index is 930. The van der Waals surface area contributed by atoms with E-state index in [2.05, 4.69) is 5.32 Å². The lowest BCUT2D eigenvalue weighted by Crippen LogP contribution is -2.29. The highest BCUT2D eigenvalue weighted by Crippen LogP contribution is 2.29. The molecule has 2 aromatic rings. The number of hydrogen-bond donors (Lipinski definition) is 1. The molecule has 8 heteroatoms. The SMILES string of the molecule is CCOc1ccc(/C=C/C(=O)O[C@@H](C)C(=O)Nc2ccc(F)c(F)c2)cc1OCC. The van der Waals surface area contributed by atoms with Crippen LogP contribution in [-0.2, 0) is 14.3 Å². The first-order valence-corrected chi connectivity index (χ1v) is 9.38. The molecule has 2 aromatic carbocycles. The monoisotopic (exact) mass is 419 g/mol. The number of carbonyl (C=O) groups is 2. The fourth-order valence-electron chi connectivity index (χ4n) is 2.42. The van der Waals surface area contributed by atoms with Gasteiger partial charge in [0.25, 0.3) is 5.91 Å². The highest BCUT2D eigenvalue weighted by atomic mass is 19.2. The van der Waals surface area contributed by atoms with Crippen molar-refractivity contribution in [2.75, 3.05) is 18.5 Å². The molecule has 0 spiro atoms. The van der Waals surface area contributed by atoms with Crippen LogP contribution in [0.5, 0.6) is 11.5 Å². The Hall–Kier alpha value is -3.42. The minimum Gasteiger partial charge on any atom is -0.490 e. The van der Waals surface area contributed by atoms with E-state index in [0.717, 1.165) is 12.1 Å². The zero-order valence-electron chi connectivity index (χ0n) is 16.9. The molecule has 6 nitrogen and oxygen atoms in total. The highest BCUT2D eigenvalue weighted by Gasteiger charge is 2.17. The predicted molar refractivity (Wildman–Crippen MR) is 108 cm³/mol. The average Bonchev–Trinajstić information content (AvgIpc) is 2.71. The van der Waals surface area contributed by atoms with Crippen molar-refractivity contribution >= 4 is 23.6 Å². The number of hydrogen-bond acceptors (Lipinski definition) is 5. The second-order valence-electron chi connectivity index (χ2n) is 6.10. The third kappa shape index (κ3) is 6.58. The molecule has 1 amide bonds. The molecular formula is C22H23F2NO5. The molecule has 0 saturated carbocycles. The second kappa shape index (κ2) is 10.9. The van der Waals surface area contributed by atoms with Crippen LogP contribution in [-0.4, -0.2) is 31.2 Å². The molecule has 0 unspecified atom stereocenters. The molecule has 1 N–H and O–H groups in total. The van der Waals surface area contributed by atoms with Crippen LogP contribution in [0.4, 0.5) is 14.5 Å². The van der Waals surface area contributed by atoms with E-state index in [1.54, 1.807) is 18.2 Å². The molecule has 0 radical (unpaired) electrons. The van der Waals surface area contributed by atoms with Gasteiger partial charge >= 0.3 is 5.97 Å². The molecule has 160 valence electrons. The van der Waals surface area contributed by atoms with Crippen molar-refractivity contribution in [2.45, 2.75) is 26.9 Å². The highest BCUT2D eigenvalue weighted by molar-refractivity contribution is 5.96. The van der Waals surface area contributed by atoms with E-state index < -0.39 is 29.6 Å². The number of esters is 1. The van der Waals surface area contributed by atoms with Gasteiger partial charge in [-0.05, 0) is 56.7 Å². The zero-order valence-corrected chi connectivity index (χ0v) is 16.9. The maximum Gasteiger partial charge on any atom is 0.331 e. The topological polar surface area (TPSA) is 73.9 Å². The Morgan fingerprint density at radius 1 is 1.00 bits per heavy atom. The molecule has 0 aromatic heterocycles. The maximum absolute atomic E-state index is 13.2. The van der Waals surface area contributed by atoms with Crippen molar-refractivity contribution in [3.05, 3.63) is 59.7 Å². The third-order valence-electron chi connectivity index (χ3n) is 3.83. The van der Waals surface area contributed by atoms with E-state index in [0.29, 0.717) is 30.3 Å². The molecule has 2 rings (SSSR count). The first kappa shape index (κ1) is 22.9. The molecule has 0 aliphatic heterocycles. The van der Waals surface area contributed by atoms with Gasteiger partial charge in [-0.1, -0.05) is 6.07 Å². The van der Waals surface area contributed by atoms with Crippen LogP contribution >= 0.6 is 0 Å². The molecule has 0 saturated heterocycles. The number of halogens is 2. The summed E-state index contributed by atoms with van der Waals surface area (Å²) >= 11 is 0. The van der Waals surface area contributed by atoms with Gasteiger partial charge in [-0.15, -0.1) is 0 Å². The van der Waals surface area contributed by atoms with Crippen molar-refractivity contribution < 1.29 is 32.6 Å². The fraction of sp³-hybridized carbons (Fsp3) is 0.273. The van der Waals surface area contributed by atoms with Crippen molar-refractivity contribution in [1.82, 2.24) is 0 Å². The van der Waals surface area contributed by atoms with Gasteiger partial charge in [0.2, 0.25) is 0 Å². The minimum atomic E-state index is -1.14. The first-order valence-electron chi connectivity index (χ1n) is 9.38. The maximum atomic E-state index is 13.2. The van der Waals surface area contributed by atoms with Gasteiger partial charge in [0, 0.05) is 17.8 Å². The lowest BCUT2D eigenvalue weighted by atomic mass is 10.2. The van der Waals surface area contributed by atoms with Crippen LogP contribution in [0.25, 0.3) is 6.08 Å². The smallest absolute Gasteiger partial charge is 0.331 e. The van der Waals surface area contributed by atoms with Gasteiger partial charge in [-0.25, -0.2) is 13.6 Å². The molecule has 0 fully saturated rings. The molecule has 1 atom stereocenters. The Kier molecular flexibility index (Phi) is 8.34. The van der Waals surface area contributed by atoms with E-state index in [1.807, 2.05) is 13.8 Å². The van der Waals surface area contributed by atoms with Gasteiger partial charge in [0.15, 0.2) is 29.2 Å². The van der Waals surface area contributed by atoms with E-state index in [1.165, 1.54) is 25.1 Å². The molecular weight excluding hydrogens is 396 g/mol. The summed E-state index contributed by atoms with van der Waals surface area (Å²) in [5.74, 6) is -2.39.